The topological polar surface area (TPSA) is 54.7 Å². The standard InChI is InChI=1S/C13H17N3/c1-8-2-5-11-12(6-8)16-13(15-11)9-3-4-10(14)7-9/h2,5-6,9-10H,3-4,7,14H2,1H3,(H,15,16). The summed E-state index contributed by atoms with van der Waals surface area (Å²) in [6.45, 7) is 2.10. The Bertz CT molecular complexity index is 515. The molecule has 3 N–H and O–H groups in total. The number of benzene rings is 1. The van der Waals surface area contributed by atoms with Gasteiger partial charge in [-0.1, -0.05) is 6.07 Å². The summed E-state index contributed by atoms with van der Waals surface area (Å²) < 4.78 is 0. The van der Waals surface area contributed by atoms with E-state index in [9.17, 15) is 0 Å². The summed E-state index contributed by atoms with van der Waals surface area (Å²) in [6.07, 6.45) is 3.36. The van der Waals surface area contributed by atoms with Gasteiger partial charge in [-0.15, -0.1) is 0 Å². The number of fused-ring (bicyclic) bond motifs is 1. The third kappa shape index (κ3) is 1.61. The third-order valence-electron chi connectivity index (χ3n) is 3.52. The Morgan fingerprint density at radius 2 is 2.25 bits per heavy atom. The molecule has 2 atom stereocenters. The summed E-state index contributed by atoms with van der Waals surface area (Å²) in [6, 6.07) is 6.70. The van der Waals surface area contributed by atoms with Crippen LogP contribution in [0.5, 0.6) is 0 Å². The Balaban J connectivity index is 1.99. The maximum atomic E-state index is 5.94. The van der Waals surface area contributed by atoms with Crippen molar-refractivity contribution in [1.29, 1.82) is 0 Å². The van der Waals surface area contributed by atoms with Gasteiger partial charge in [-0.3, -0.25) is 0 Å². The highest BCUT2D eigenvalue weighted by Gasteiger charge is 2.25. The lowest BCUT2D eigenvalue weighted by Crippen LogP contribution is -2.14. The Hall–Kier alpha value is -1.35. The molecule has 1 aliphatic carbocycles. The highest BCUT2D eigenvalue weighted by molar-refractivity contribution is 5.75. The molecule has 1 aliphatic rings. The first-order valence-electron chi connectivity index (χ1n) is 5.94. The van der Waals surface area contributed by atoms with Crippen molar-refractivity contribution in [2.24, 2.45) is 5.73 Å². The second-order valence-electron chi connectivity index (χ2n) is 4.91. The van der Waals surface area contributed by atoms with Crippen LogP contribution in [0.2, 0.25) is 0 Å². The minimum atomic E-state index is 0.361. The Labute approximate surface area is 95.1 Å². The summed E-state index contributed by atoms with van der Waals surface area (Å²) in [5, 5.41) is 0. The van der Waals surface area contributed by atoms with Crippen LogP contribution in [0.25, 0.3) is 11.0 Å². The quantitative estimate of drug-likeness (QED) is 0.767. The number of aryl methyl sites for hydroxylation is 1. The number of nitrogens with two attached hydrogens (primary N) is 1. The van der Waals surface area contributed by atoms with Crippen molar-refractivity contribution in [3.05, 3.63) is 29.6 Å². The van der Waals surface area contributed by atoms with Crippen LogP contribution in [-0.2, 0) is 0 Å². The van der Waals surface area contributed by atoms with E-state index in [1.807, 2.05) is 0 Å². The predicted octanol–water partition coefficient (Wildman–Crippen LogP) is 2.47. The number of hydrogen-bond donors (Lipinski definition) is 2. The zero-order valence-electron chi connectivity index (χ0n) is 9.53. The van der Waals surface area contributed by atoms with Crippen LogP contribution in [0.15, 0.2) is 18.2 Å². The number of nitrogens with zero attached hydrogens (tertiary/aromatic N) is 1. The maximum absolute atomic E-state index is 5.94. The fourth-order valence-corrected chi connectivity index (χ4v) is 2.60. The molecule has 1 fully saturated rings. The molecule has 0 amide bonds. The first kappa shape index (κ1) is 9.85. The number of imidazole rings is 1. The normalized spacial score (nSPS) is 25.4. The molecule has 3 heteroatoms. The number of nitrogens with one attached hydrogen (secondary N) is 1. The molecule has 16 heavy (non-hydrogen) atoms. The summed E-state index contributed by atoms with van der Waals surface area (Å²) in [5.74, 6) is 1.65. The average molecular weight is 215 g/mol. The molecule has 2 unspecified atom stereocenters. The van der Waals surface area contributed by atoms with Gasteiger partial charge < -0.3 is 10.7 Å². The SMILES string of the molecule is Cc1ccc2nc(C3CCC(N)C3)[nH]c2c1. The van der Waals surface area contributed by atoms with E-state index in [-0.39, 0.29) is 0 Å². The number of aromatic amines is 1. The van der Waals surface area contributed by atoms with Crippen molar-refractivity contribution in [2.75, 3.05) is 0 Å². The van der Waals surface area contributed by atoms with Gasteiger partial charge in [0.25, 0.3) is 0 Å². The van der Waals surface area contributed by atoms with Crippen molar-refractivity contribution in [1.82, 2.24) is 9.97 Å². The number of aromatic nitrogens is 2. The number of H-pyrrole nitrogens is 1. The lowest BCUT2D eigenvalue weighted by atomic mass is 10.1. The highest BCUT2D eigenvalue weighted by Crippen LogP contribution is 2.32. The molecule has 3 rings (SSSR count). The third-order valence-corrected chi connectivity index (χ3v) is 3.52. The zero-order chi connectivity index (χ0) is 11.1. The molecule has 2 aromatic rings. The molecule has 0 bridgehead atoms. The molecular weight excluding hydrogens is 198 g/mol. The molecule has 0 radical (unpaired) electrons. The largest absolute Gasteiger partial charge is 0.342 e. The van der Waals surface area contributed by atoms with Gasteiger partial charge >= 0.3 is 0 Å². The van der Waals surface area contributed by atoms with Crippen molar-refractivity contribution in [3.63, 3.8) is 0 Å². The van der Waals surface area contributed by atoms with Gasteiger partial charge in [0.05, 0.1) is 11.0 Å². The van der Waals surface area contributed by atoms with Gasteiger partial charge in [0.15, 0.2) is 0 Å². The summed E-state index contributed by atoms with van der Waals surface area (Å²) >= 11 is 0. The van der Waals surface area contributed by atoms with Crippen LogP contribution in [0.3, 0.4) is 0 Å². The van der Waals surface area contributed by atoms with Gasteiger partial charge in [-0.25, -0.2) is 4.98 Å². The Morgan fingerprint density at radius 1 is 1.38 bits per heavy atom. The fraction of sp³-hybridized carbons (Fsp3) is 0.462. The molecule has 0 aliphatic heterocycles. The minimum absolute atomic E-state index is 0.361. The van der Waals surface area contributed by atoms with Crippen molar-refractivity contribution < 1.29 is 0 Å². The van der Waals surface area contributed by atoms with Crippen LogP contribution in [0.1, 0.15) is 36.6 Å². The highest BCUT2D eigenvalue weighted by atomic mass is 14.9. The van der Waals surface area contributed by atoms with Gasteiger partial charge in [0, 0.05) is 12.0 Å². The van der Waals surface area contributed by atoms with Crippen molar-refractivity contribution in [3.8, 4) is 0 Å². The zero-order valence-corrected chi connectivity index (χ0v) is 9.53. The first-order valence-corrected chi connectivity index (χ1v) is 5.94. The van der Waals surface area contributed by atoms with E-state index >= 15 is 0 Å². The second kappa shape index (κ2) is 3.59. The van der Waals surface area contributed by atoms with Gasteiger partial charge in [0.1, 0.15) is 5.82 Å². The molecule has 84 valence electrons. The molecule has 1 heterocycles. The monoisotopic (exact) mass is 215 g/mol. The molecule has 1 aromatic carbocycles. The van der Waals surface area contributed by atoms with E-state index in [1.165, 1.54) is 12.0 Å². The van der Waals surface area contributed by atoms with Crippen molar-refractivity contribution in [2.45, 2.75) is 38.1 Å². The summed E-state index contributed by atoms with van der Waals surface area (Å²) in [5.41, 5.74) is 9.43. The van der Waals surface area contributed by atoms with Crippen LogP contribution in [0, 0.1) is 6.92 Å². The van der Waals surface area contributed by atoms with E-state index in [0.29, 0.717) is 12.0 Å². The molecule has 3 nitrogen and oxygen atoms in total. The predicted molar refractivity (Wildman–Crippen MR) is 65.4 cm³/mol. The van der Waals surface area contributed by atoms with Crippen LogP contribution in [-0.4, -0.2) is 16.0 Å². The number of hydrogen-bond acceptors (Lipinski definition) is 2. The van der Waals surface area contributed by atoms with Crippen LogP contribution >= 0.6 is 0 Å². The maximum Gasteiger partial charge on any atom is 0.110 e. The Kier molecular flexibility index (Phi) is 2.21. The molecule has 0 spiro atoms. The van der Waals surface area contributed by atoms with E-state index < -0.39 is 0 Å². The number of rotatable bonds is 1. The van der Waals surface area contributed by atoms with Crippen molar-refractivity contribution >= 4 is 11.0 Å². The van der Waals surface area contributed by atoms with E-state index in [2.05, 4.69) is 35.1 Å². The van der Waals surface area contributed by atoms with Gasteiger partial charge in [-0.05, 0) is 43.9 Å². The Morgan fingerprint density at radius 3 is 3.00 bits per heavy atom. The molecule has 1 saturated carbocycles. The van der Waals surface area contributed by atoms with E-state index in [1.54, 1.807) is 0 Å². The lowest BCUT2D eigenvalue weighted by molar-refractivity contribution is 0.651. The van der Waals surface area contributed by atoms with E-state index in [0.717, 1.165) is 29.7 Å². The lowest BCUT2D eigenvalue weighted by Gasteiger charge is -2.04. The van der Waals surface area contributed by atoms with Gasteiger partial charge in [0.2, 0.25) is 0 Å². The second-order valence-corrected chi connectivity index (χ2v) is 4.91. The van der Waals surface area contributed by atoms with Gasteiger partial charge in [-0.2, -0.15) is 0 Å². The van der Waals surface area contributed by atoms with Crippen LogP contribution < -0.4 is 5.73 Å². The first-order chi connectivity index (χ1) is 7.72. The molecule has 0 saturated heterocycles. The molecular formula is C13H17N3. The summed E-state index contributed by atoms with van der Waals surface area (Å²) in [4.78, 5) is 8.09. The van der Waals surface area contributed by atoms with E-state index in [4.69, 9.17) is 5.73 Å². The average Bonchev–Trinajstić information content (AvgIpc) is 2.83. The molecule has 1 aromatic heterocycles. The van der Waals surface area contributed by atoms with Crippen LogP contribution in [0.4, 0.5) is 0 Å². The minimum Gasteiger partial charge on any atom is -0.342 e. The smallest absolute Gasteiger partial charge is 0.110 e. The fourth-order valence-electron chi connectivity index (χ4n) is 2.60. The summed E-state index contributed by atoms with van der Waals surface area (Å²) in [7, 11) is 0.